The van der Waals surface area contributed by atoms with Crippen molar-refractivity contribution in [2.45, 2.75) is 69.0 Å². The molecule has 3 N–H and O–H groups in total. The molecule has 3 aliphatic rings. The summed E-state index contributed by atoms with van der Waals surface area (Å²) in [7, 11) is 0. The highest BCUT2D eigenvalue weighted by Crippen LogP contribution is 2.27. The minimum Gasteiger partial charge on any atom is -0.381 e. The quantitative estimate of drug-likeness (QED) is 0.797. The molecule has 3 fully saturated rings. The Labute approximate surface area is 131 Å². The molecule has 6 heteroatoms. The van der Waals surface area contributed by atoms with E-state index < -0.39 is 5.54 Å². The fourth-order valence-corrected chi connectivity index (χ4v) is 3.87. The van der Waals surface area contributed by atoms with Gasteiger partial charge in [0, 0.05) is 32.2 Å². The van der Waals surface area contributed by atoms with Crippen molar-refractivity contribution in [2.24, 2.45) is 5.73 Å². The van der Waals surface area contributed by atoms with Crippen molar-refractivity contribution in [1.29, 1.82) is 0 Å². The fraction of sp³-hybridized carbons (Fsp3) is 0.875. The third-order valence-corrected chi connectivity index (χ3v) is 5.35. The lowest BCUT2D eigenvalue weighted by Crippen LogP contribution is -2.59. The maximum Gasteiger partial charge on any atom is 0.240 e. The van der Waals surface area contributed by atoms with Crippen LogP contribution < -0.4 is 11.1 Å². The van der Waals surface area contributed by atoms with E-state index in [2.05, 4.69) is 5.32 Å². The topological polar surface area (TPSA) is 84.7 Å². The monoisotopic (exact) mass is 309 g/mol. The van der Waals surface area contributed by atoms with Crippen molar-refractivity contribution >= 4 is 11.8 Å². The molecule has 1 unspecified atom stereocenters. The fourth-order valence-electron chi connectivity index (χ4n) is 3.87. The van der Waals surface area contributed by atoms with Crippen molar-refractivity contribution in [3.8, 4) is 0 Å². The van der Waals surface area contributed by atoms with Crippen LogP contribution in [0.1, 0.15) is 51.4 Å². The first-order chi connectivity index (χ1) is 10.6. The summed E-state index contributed by atoms with van der Waals surface area (Å²) in [5, 5.41) is 3.01. The molecule has 0 bridgehead atoms. The van der Waals surface area contributed by atoms with Crippen LogP contribution in [0, 0.1) is 0 Å². The van der Waals surface area contributed by atoms with Crippen LogP contribution in [0.5, 0.6) is 0 Å². The summed E-state index contributed by atoms with van der Waals surface area (Å²) in [6, 6.07) is 0.281. The number of nitrogens with two attached hydrogens (primary N) is 1. The summed E-state index contributed by atoms with van der Waals surface area (Å²) in [6.45, 7) is 1.70. The summed E-state index contributed by atoms with van der Waals surface area (Å²) < 4.78 is 5.28. The number of nitrogens with one attached hydrogen (secondary N) is 1. The SMILES string of the molecule is NC1(C(=O)NC2CC(=O)N(C3CCCCC3)C2)CCOCC1. The Kier molecular flexibility index (Phi) is 4.68. The van der Waals surface area contributed by atoms with Gasteiger partial charge in [0.05, 0.1) is 11.6 Å². The number of hydrogen-bond acceptors (Lipinski definition) is 4. The van der Waals surface area contributed by atoms with E-state index in [1.165, 1.54) is 19.3 Å². The summed E-state index contributed by atoms with van der Waals surface area (Å²) in [5.41, 5.74) is 5.37. The van der Waals surface area contributed by atoms with Gasteiger partial charge in [0.25, 0.3) is 0 Å². The Morgan fingerprint density at radius 1 is 1.23 bits per heavy atom. The van der Waals surface area contributed by atoms with Gasteiger partial charge < -0.3 is 20.7 Å². The van der Waals surface area contributed by atoms with E-state index in [0.717, 1.165) is 12.8 Å². The van der Waals surface area contributed by atoms with Gasteiger partial charge in [-0.1, -0.05) is 19.3 Å². The van der Waals surface area contributed by atoms with Gasteiger partial charge in [-0.3, -0.25) is 9.59 Å². The first-order valence-corrected chi connectivity index (χ1v) is 8.55. The largest absolute Gasteiger partial charge is 0.381 e. The van der Waals surface area contributed by atoms with Gasteiger partial charge in [-0.05, 0) is 25.7 Å². The molecule has 22 heavy (non-hydrogen) atoms. The highest BCUT2D eigenvalue weighted by molar-refractivity contribution is 5.88. The highest BCUT2D eigenvalue weighted by atomic mass is 16.5. The third-order valence-electron chi connectivity index (χ3n) is 5.35. The van der Waals surface area contributed by atoms with Crippen LogP contribution in [0.4, 0.5) is 0 Å². The van der Waals surface area contributed by atoms with Crippen LogP contribution in [0.3, 0.4) is 0 Å². The van der Waals surface area contributed by atoms with Gasteiger partial charge in [-0.15, -0.1) is 0 Å². The number of nitrogens with zero attached hydrogens (tertiary/aromatic N) is 1. The minimum atomic E-state index is -0.834. The molecule has 1 atom stereocenters. The van der Waals surface area contributed by atoms with Crippen LogP contribution in [-0.2, 0) is 14.3 Å². The molecular weight excluding hydrogens is 282 g/mol. The molecular formula is C16H27N3O3. The van der Waals surface area contributed by atoms with Gasteiger partial charge in [0.2, 0.25) is 11.8 Å². The second-order valence-corrected chi connectivity index (χ2v) is 6.98. The van der Waals surface area contributed by atoms with Gasteiger partial charge in [-0.2, -0.15) is 0 Å². The van der Waals surface area contributed by atoms with E-state index in [1.54, 1.807) is 0 Å². The second-order valence-electron chi connectivity index (χ2n) is 6.98. The predicted octanol–water partition coefficient (Wildman–Crippen LogP) is 0.544. The maximum atomic E-state index is 12.4. The van der Waals surface area contributed by atoms with E-state index in [1.807, 2.05) is 4.90 Å². The van der Waals surface area contributed by atoms with E-state index in [9.17, 15) is 9.59 Å². The Morgan fingerprint density at radius 2 is 1.91 bits per heavy atom. The number of carbonyl (C=O) groups excluding carboxylic acids is 2. The molecule has 2 amide bonds. The number of amides is 2. The van der Waals surface area contributed by atoms with Gasteiger partial charge in [-0.25, -0.2) is 0 Å². The average molecular weight is 309 g/mol. The van der Waals surface area contributed by atoms with Gasteiger partial charge in [0.15, 0.2) is 0 Å². The molecule has 0 aromatic rings. The number of rotatable bonds is 3. The lowest BCUT2D eigenvalue weighted by molar-refractivity contribution is -0.130. The zero-order chi connectivity index (χ0) is 15.6. The van der Waals surface area contributed by atoms with Crippen LogP contribution in [0.25, 0.3) is 0 Å². The molecule has 0 aromatic carbocycles. The molecule has 6 nitrogen and oxygen atoms in total. The zero-order valence-electron chi connectivity index (χ0n) is 13.2. The van der Waals surface area contributed by atoms with Crippen molar-refractivity contribution < 1.29 is 14.3 Å². The second kappa shape index (κ2) is 6.54. The van der Waals surface area contributed by atoms with E-state index in [-0.39, 0.29) is 17.9 Å². The number of likely N-dealkylation sites (tertiary alicyclic amines) is 1. The summed E-state index contributed by atoms with van der Waals surface area (Å²) in [5.74, 6) is 0.0503. The van der Waals surface area contributed by atoms with Crippen molar-refractivity contribution in [3.05, 3.63) is 0 Å². The molecule has 1 saturated carbocycles. The number of hydrogen-bond donors (Lipinski definition) is 2. The molecule has 3 rings (SSSR count). The molecule has 0 aromatic heterocycles. The van der Waals surface area contributed by atoms with Crippen molar-refractivity contribution in [1.82, 2.24) is 10.2 Å². The smallest absolute Gasteiger partial charge is 0.240 e. The average Bonchev–Trinajstić information content (AvgIpc) is 2.89. The Hall–Kier alpha value is -1.14. The molecule has 2 aliphatic heterocycles. The lowest BCUT2D eigenvalue weighted by Gasteiger charge is -2.33. The van der Waals surface area contributed by atoms with Crippen molar-refractivity contribution in [2.75, 3.05) is 19.8 Å². The van der Waals surface area contributed by atoms with Gasteiger partial charge in [0.1, 0.15) is 0 Å². The number of ether oxygens (including phenoxy) is 1. The highest BCUT2D eigenvalue weighted by Gasteiger charge is 2.40. The molecule has 1 aliphatic carbocycles. The normalized spacial score (nSPS) is 29.6. The van der Waals surface area contributed by atoms with Crippen LogP contribution >= 0.6 is 0 Å². The lowest BCUT2D eigenvalue weighted by atomic mass is 9.90. The molecule has 124 valence electrons. The van der Waals surface area contributed by atoms with E-state index in [0.29, 0.717) is 45.1 Å². The van der Waals surface area contributed by atoms with E-state index in [4.69, 9.17) is 10.5 Å². The van der Waals surface area contributed by atoms with E-state index >= 15 is 0 Å². The van der Waals surface area contributed by atoms with Crippen LogP contribution in [-0.4, -0.2) is 54.1 Å². The number of carbonyl (C=O) groups is 2. The third kappa shape index (κ3) is 3.27. The molecule has 2 saturated heterocycles. The molecule has 0 radical (unpaired) electrons. The van der Waals surface area contributed by atoms with Crippen LogP contribution in [0.15, 0.2) is 0 Å². The Bertz CT molecular complexity index is 428. The first kappa shape index (κ1) is 15.7. The minimum absolute atomic E-state index is 0.0924. The van der Waals surface area contributed by atoms with Gasteiger partial charge >= 0.3 is 0 Å². The predicted molar refractivity (Wildman–Crippen MR) is 82.1 cm³/mol. The molecule has 2 heterocycles. The summed E-state index contributed by atoms with van der Waals surface area (Å²) >= 11 is 0. The Balaban J connectivity index is 1.55. The first-order valence-electron chi connectivity index (χ1n) is 8.55. The standard InChI is InChI=1S/C16H27N3O3/c17-16(6-8-22-9-7-16)15(21)18-12-10-14(20)19(11-12)13-4-2-1-3-5-13/h12-13H,1-11,17H2,(H,18,21). The van der Waals surface area contributed by atoms with Crippen molar-refractivity contribution in [3.63, 3.8) is 0 Å². The summed E-state index contributed by atoms with van der Waals surface area (Å²) in [6.07, 6.45) is 7.40. The zero-order valence-corrected chi connectivity index (χ0v) is 13.2. The Morgan fingerprint density at radius 3 is 2.59 bits per heavy atom. The molecule has 0 spiro atoms. The summed E-state index contributed by atoms with van der Waals surface area (Å²) in [4.78, 5) is 26.7. The maximum absolute atomic E-state index is 12.4. The van der Waals surface area contributed by atoms with Crippen LogP contribution in [0.2, 0.25) is 0 Å².